The summed E-state index contributed by atoms with van der Waals surface area (Å²) < 4.78 is 24.0. The van der Waals surface area contributed by atoms with Crippen molar-refractivity contribution in [2.45, 2.75) is 6.92 Å². The van der Waals surface area contributed by atoms with Crippen LogP contribution < -0.4 is 4.72 Å². The van der Waals surface area contributed by atoms with Gasteiger partial charge in [-0.05, 0) is 6.92 Å². The molecule has 1 aromatic rings. The summed E-state index contributed by atoms with van der Waals surface area (Å²) in [6.07, 6.45) is 0. The first kappa shape index (κ1) is 9.87. The van der Waals surface area contributed by atoms with Crippen LogP contribution in [0.2, 0.25) is 0 Å². The maximum atomic E-state index is 11.0. The molecule has 12 heavy (non-hydrogen) atoms. The smallest absolute Gasteiger partial charge is 0.244 e. The fourth-order valence-corrected chi connectivity index (χ4v) is 2.19. The Hall–Kier alpha value is -0.210. The first-order valence-corrected chi connectivity index (χ1v) is 6.49. The van der Waals surface area contributed by atoms with E-state index >= 15 is 0 Å². The molecule has 1 aromatic heterocycles. The lowest BCUT2D eigenvalue weighted by molar-refractivity contribution is 0.606. The lowest BCUT2D eigenvalue weighted by Gasteiger charge is -1.97. The molecule has 0 bridgehead atoms. The molecule has 1 N–H and O–H groups in total. The van der Waals surface area contributed by atoms with E-state index in [9.17, 15) is 8.42 Å². The predicted molar refractivity (Wildman–Crippen MR) is 51.0 cm³/mol. The minimum Gasteiger partial charge on any atom is -0.256 e. The number of hydrogen-bond donors (Lipinski definition) is 1. The molecule has 0 amide bonds. The number of sulfonamides is 1. The lowest BCUT2D eigenvalue weighted by atomic mass is 10.9. The summed E-state index contributed by atoms with van der Waals surface area (Å²) in [5.41, 5.74) is 0. The zero-order valence-electron chi connectivity index (χ0n) is 6.11. The highest BCUT2D eigenvalue weighted by molar-refractivity contribution is 9.10. The third-order valence-corrected chi connectivity index (χ3v) is 4.40. The Kier molecular flexibility index (Phi) is 3.02. The van der Waals surface area contributed by atoms with E-state index in [1.807, 2.05) is 0 Å². The van der Waals surface area contributed by atoms with Gasteiger partial charge in [-0.1, -0.05) is 27.3 Å². The van der Waals surface area contributed by atoms with Crippen molar-refractivity contribution in [1.82, 2.24) is 10.2 Å². The number of aryl methyl sites for hydroxylation is 1. The molecule has 1 rings (SSSR count). The van der Waals surface area contributed by atoms with Crippen molar-refractivity contribution in [3.05, 3.63) is 5.01 Å². The van der Waals surface area contributed by atoms with Gasteiger partial charge in [0.1, 0.15) is 9.67 Å². The van der Waals surface area contributed by atoms with E-state index < -0.39 is 10.0 Å². The molecular weight excluding hydrogens is 266 g/mol. The van der Waals surface area contributed by atoms with E-state index in [0.717, 1.165) is 5.01 Å². The van der Waals surface area contributed by atoms with Crippen LogP contribution in [0.4, 0.5) is 5.13 Å². The van der Waals surface area contributed by atoms with Gasteiger partial charge in [-0.15, -0.1) is 10.2 Å². The molecule has 5 nitrogen and oxygen atoms in total. The molecule has 0 aromatic carbocycles. The second-order valence-corrected chi connectivity index (χ2v) is 6.16. The fourth-order valence-electron chi connectivity index (χ4n) is 0.498. The van der Waals surface area contributed by atoms with Gasteiger partial charge < -0.3 is 0 Å². The van der Waals surface area contributed by atoms with Crippen molar-refractivity contribution >= 4 is 42.4 Å². The zero-order valence-corrected chi connectivity index (χ0v) is 9.33. The van der Waals surface area contributed by atoms with Gasteiger partial charge in [0.2, 0.25) is 15.2 Å². The van der Waals surface area contributed by atoms with E-state index in [-0.39, 0.29) is 4.66 Å². The molecule has 1 heterocycles. The SMILES string of the molecule is Cc1nnc(NS(=O)(=O)CBr)s1. The van der Waals surface area contributed by atoms with Crippen LogP contribution in [0.25, 0.3) is 0 Å². The fraction of sp³-hybridized carbons (Fsp3) is 0.500. The standard InChI is InChI=1S/C4H6BrN3O2S2/c1-3-6-7-4(11-3)8-12(9,10)2-5/h2H2,1H3,(H,7,8). The van der Waals surface area contributed by atoms with E-state index in [2.05, 4.69) is 30.8 Å². The van der Waals surface area contributed by atoms with Crippen molar-refractivity contribution in [3.8, 4) is 0 Å². The monoisotopic (exact) mass is 271 g/mol. The Bertz CT molecular complexity index is 360. The molecule has 8 heteroatoms. The third kappa shape index (κ3) is 2.68. The molecule has 0 atom stereocenters. The highest BCUT2D eigenvalue weighted by atomic mass is 79.9. The van der Waals surface area contributed by atoms with Crippen molar-refractivity contribution in [2.24, 2.45) is 0 Å². The predicted octanol–water partition coefficient (Wildman–Crippen LogP) is 0.941. The molecule has 0 spiro atoms. The summed E-state index contributed by atoms with van der Waals surface area (Å²) >= 11 is 4.04. The van der Waals surface area contributed by atoms with E-state index in [1.165, 1.54) is 11.3 Å². The first-order valence-electron chi connectivity index (χ1n) is 2.90. The van der Waals surface area contributed by atoms with Gasteiger partial charge in [-0.3, -0.25) is 4.72 Å². The van der Waals surface area contributed by atoms with Gasteiger partial charge in [0, 0.05) is 0 Å². The summed E-state index contributed by atoms with van der Waals surface area (Å²) in [5.74, 6) is 0. The zero-order chi connectivity index (χ0) is 9.19. The van der Waals surface area contributed by atoms with Crippen molar-refractivity contribution in [1.29, 1.82) is 0 Å². The number of halogens is 1. The minimum atomic E-state index is -3.28. The van der Waals surface area contributed by atoms with Crippen LogP contribution in [0, 0.1) is 6.92 Å². The Morgan fingerprint density at radius 3 is 2.67 bits per heavy atom. The lowest BCUT2D eigenvalue weighted by Crippen LogP contribution is -2.12. The highest BCUT2D eigenvalue weighted by Crippen LogP contribution is 2.15. The summed E-state index contributed by atoms with van der Waals surface area (Å²) in [6, 6.07) is 0. The Morgan fingerprint density at radius 2 is 2.25 bits per heavy atom. The van der Waals surface area contributed by atoms with Crippen molar-refractivity contribution in [3.63, 3.8) is 0 Å². The Morgan fingerprint density at radius 1 is 1.58 bits per heavy atom. The van der Waals surface area contributed by atoms with Crippen molar-refractivity contribution < 1.29 is 8.42 Å². The van der Waals surface area contributed by atoms with Crippen LogP contribution >= 0.6 is 27.3 Å². The molecule has 0 saturated carbocycles. The largest absolute Gasteiger partial charge is 0.256 e. The van der Waals surface area contributed by atoms with E-state index in [0.29, 0.717) is 5.13 Å². The molecule has 0 radical (unpaired) electrons. The third-order valence-electron chi connectivity index (χ3n) is 0.912. The number of nitrogens with one attached hydrogen (secondary N) is 1. The quantitative estimate of drug-likeness (QED) is 0.831. The van der Waals surface area contributed by atoms with Crippen molar-refractivity contribution in [2.75, 3.05) is 9.38 Å². The normalized spacial score (nSPS) is 11.5. The molecule has 0 aliphatic heterocycles. The first-order chi connectivity index (χ1) is 5.53. The van der Waals surface area contributed by atoms with Gasteiger partial charge in [0.15, 0.2) is 0 Å². The maximum Gasteiger partial charge on any atom is 0.244 e. The topological polar surface area (TPSA) is 72.0 Å². The van der Waals surface area contributed by atoms with Crippen LogP contribution in [-0.4, -0.2) is 23.3 Å². The van der Waals surface area contributed by atoms with Gasteiger partial charge in [-0.2, -0.15) is 0 Å². The van der Waals surface area contributed by atoms with E-state index in [4.69, 9.17) is 0 Å². The number of nitrogens with zero attached hydrogens (tertiary/aromatic N) is 2. The van der Waals surface area contributed by atoms with Gasteiger partial charge in [0.05, 0.1) is 0 Å². The van der Waals surface area contributed by atoms with Gasteiger partial charge in [0.25, 0.3) is 0 Å². The number of anilines is 1. The summed E-state index contributed by atoms with van der Waals surface area (Å²) in [7, 11) is -3.28. The molecule has 0 unspecified atom stereocenters. The van der Waals surface area contributed by atoms with Gasteiger partial charge in [-0.25, -0.2) is 8.42 Å². The maximum absolute atomic E-state index is 11.0. The minimum absolute atomic E-state index is 0.140. The van der Waals surface area contributed by atoms with Crippen LogP contribution in [0.3, 0.4) is 0 Å². The van der Waals surface area contributed by atoms with Crippen LogP contribution in [0.1, 0.15) is 5.01 Å². The number of hydrogen-bond acceptors (Lipinski definition) is 5. The van der Waals surface area contributed by atoms with Crippen LogP contribution in [0.15, 0.2) is 0 Å². The molecule has 0 aliphatic carbocycles. The summed E-state index contributed by atoms with van der Waals surface area (Å²) in [5, 5.41) is 8.29. The highest BCUT2D eigenvalue weighted by Gasteiger charge is 2.10. The second-order valence-electron chi connectivity index (χ2n) is 1.95. The number of alkyl halides is 1. The van der Waals surface area contributed by atoms with Gasteiger partial charge >= 0.3 is 0 Å². The van der Waals surface area contributed by atoms with E-state index in [1.54, 1.807) is 6.92 Å². The average Bonchev–Trinajstić information content (AvgIpc) is 2.35. The number of aromatic nitrogens is 2. The summed E-state index contributed by atoms with van der Waals surface area (Å²) in [4.78, 5) is 0. The molecule has 0 aliphatic rings. The molecular formula is C4H6BrN3O2S2. The molecule has 0 fully saturated rings. The Balaban J connectivity index is 2.77. The molecule has 0 saturated heterocycles. The van der Waals surface area contributed by atoms with Crippen LogP contribution in [0.5, 0.6) is 0 Å². The second kappa shape index (κ2) is 3.67. The Labute approximate surface area is 82.4 Å². The average molecular weight is 272 g/mol. The molecule has 68 valence electrons. The summed E-state index contributed by atoms with van der Waals surface area (Å²) in [6.45, 7) is 1.75. The number of rotatable bonds is 3. The van der Waals surface area contributed by atoms with Crippen LogP contribution in [-0.2, 0) is 10.0 Å².